The van der Waals surface area contributed by atoms with Crippen LogP contribution in [0.2, 0.25) is 5.02 Å². The van der Waals surface area contributed by atoms with Gasteiger partial charge < -0.3 is 5.32 Å². The second-order valence-corrected chi connectivity index (χ2v) is 7.05. The van der Waals surface area contributed by atoms with E-state index in [2.05, 4.69) is 5.32 Å². The van der Waals surface area contributed by atoms with E-state index in [9.17, 15) is 8.42 Å². The highest BCUT2D eigenvalue weighted by Gasteiger charge is 2.23. The van der Waals surface area contributed by atoms with Gasteiger partial charge in [0.25, 0.3) is 0 Å². The molecule has 0 unspecified atom stereocenters. The van der Waals surface area contributed by atoms with Crippen molar-refractivity contribution in [1.82, 2.24) is 9.62 Å². The first-order valence-corrected chi connectivity index (χ1v) is 8.09. The fourth-order valence-electron chi connectivity index (χ4n) is 1.55. The molecule has 0 aliphatic rings. The van der Waals surface area contributed by atoms with Crippen LogP contribution in [0.25, 0.3) is 0 Å². The van der Waals surface area contributed by atoms with Crippen molar-refractivity contribution in [3.63, 3.8) is 0 Å². The first-order chi connectivity index (χ1) is 8.80. The van der Waals surface area contributed by atoms with Gasteiger partial charge in [-0.05, 0) is 44.2 Å². The van der Waals surface area contributed by atoms with Gasteiger partial charge in [-0.25, -0.2) is 8.42 Å². The Morgan fingerprint density at radius 1 is 1.37 bits per heavy atom. The largest absolute Gasteiger partial charge is 0.313 e. The van der Waals surface area contributed by atoms with Gasteiger partial charge in [0.15, 0.2) is 0 Å². The van der Waals surface area contributed by atoms with Crippen LogP contribution in [-0.2, 0) is 16.6 Å². The zero-order valence-electron chi connectivity index (χ0n) is 11.8. The van der Waals surface area contributed by atoms with Crippen LogP contribution in [-0.4, -0.2) is 32.4 Å². The maximum atomic E-state index is 12.4. The average molecular weight is 305 g/mol. The predicted octanol–water partition coefficient (Wildman–Crippen LogP) is 2.48. The minimum atomic E-state index is -3.46. The van der Waals surface area contributed by atoms with E-state index in [0.29, 0.717) is 11.6 Å². The Bertz CT molecular complexity index is 529. The highest BCUT2D eigenvalue weighted by atomic mass is 35.5. The molecule has 0 aromatic heterocycles. The van der Waals surface area contributed by atoms with Crippen molar-refractivity contribution in [2.45, 2.75) is 38.3 Å². The lowest BCUT2D eigenvalue weighted by molar-refractivity contribution is 0.410. The lowest BCUT2D eigenvalue weighted by Gasteiger charge is -2.21. The summed E-state index contributed by atoms with van der Waals surface area (Å²) in [6.07, 6.45) is 0. The molecule has 0 fully saturated rings. The number of halogens is 1. The van der Waals surface area contributed by atoms with Gasteiger partial charge in [0.2, 0.25) is 10.0 Å². The molecule has 19 heavy (non-hydrogen) atoms. The topological polar surface area (TPSA) is 49.4 Å². The molecule has 1 rings (SSSR count). The smallest absolute Gasteiger partial charge is 0.243 e. The van der Waals surface area contributed by atoms with Crippen LogP contribution in [0.4, 0.5) is 0 Å². The molecule has 1 aromatic rings. The molecule has 0 aliphatic carbocycles. The fourth-order valence-corrected chi connectivity index (χ4v) is 3.15. The molecule has 0 saturated carbocycles. The summed E-state index contributed by atoms with van der Waals surface area (Å²) in [5.74, 6) is 0. The van der Waals surface area contributed by atoms with Crippen molar-refractivity contribution in [1.29, 1.82) is 0 Å². The summed E-state index contributed by atoms with van der Waals surface area (Å²) < 4.78 is 26.1. The predicted molar refractivity (Wildman–Crippen MR) is 78.9 cm³/mol. The second kappa shape index (κ2) is 6.70. The van der Waals surface area contributed by atoms with E-state index < -0.39 is 10.0 Å². The molecular weight excluding hydrogens is 284 g/mol. The van der Waals surface area contributed by atoms with E-state index >= 15 is 0 Å². The monoisotopic (exact) mass is 304 g/mol. The van der Waals surface area contributed by atoms with Crippen LogP contribution >= 0.6 is 11.6 Å². The van der Waals surface area contributed by atoms with Crippen molar-refractivity contribution in [3.05, 3.63) is 28.8 Å². The lowest BCUT2D eigenvalue weighted by Crippen LogP contribution is -2.33. The van der Waals surface area contributed by atoms with Gasteiger partial charge in [0.1, 0.15) is 0 Å². The molecule has 6 heteroatoms. The van der Waals surface area contributed by atoms with Crippen molar-refractivity contribution < 1.29 is 8.42 Å². The molecule has 0 heterocycles. The molecule has 0 amide bonds. The van der Waals surface area contributed by atoms with E-state index in [-0.39, 0.29) is 10.9 Å². The Kier molecular flexibility index (Phi) is 5.80. The number of rotatable bonds is 6. The normalized spacial score (nSPS) is 12.4. The zero-order chi connectivity index (χ0) is 14.6. The summed E-state index contributed by atoms with van der Waals surface area (Å²) in [6.45, 7) is 7.03. The molecule has 0 bridgehead atoms. The van der Waals surface area contributed by atoms with Crippen LogP contribution in [0.15, 0.2) is 23.1 Å². The quantitative estimate of drug-likeness (QED) is 0.878. The van der Waals surface area contributed by atoms with Crippen molar-refractivity contribution in [2.24, 2.45) is 0 Å². The van der Waals surface area contributed by atoms with E-state index in [4.69, 9.17) is 11.6 Å². The van der Waals surface area contributed by atoms with Gasteiger partial charge in [-0.3, -0.25) is 0 Å². The van der Waals surface area contributed by atoms with E-state index in [0.717, 1.165) is 12.1 Å². The Morgan fingerprint density at radius 2 is 2.00 bits per heavy atom. The summed E-state index contributed by atoms with van der Waals surface area (Å²) >= 11 is 6.08. The van der Waals surface area contributed by atoms with E-state index in [1.807, 2.05) is 20.8 Å². The number of hydrogen-bond acceptors (Lipinski definition) is 3. The average Bonchev–Trinajstić information content (AvgIpc) is 2.36. The van der Waals surface area contributed by atoms with Crippen LogP contribution in [0.1, 0.15) is 26.3 Å². The minimum absolute atomic E-state index is 0.0853. The molecule has 0 atom stereocenters. The second-order valence-electron chi connectivity index (χ2n) is 4.65. The third-order valence-electron chi connectivity index (χ3n) is 2.99. The van der Waals surface area contributed by atoms with Gasteiger partial charge >= 0.3 is 0 Å². The van der Waals surface area contributed by atoms with Crippen molar-refractivity contribution in [2.75, 3.05) is 13.6 Å². The molecule has 0 saturated heterocycles. The summed E-state index contributed by atoms with van der Waals surface area (Å²) in [6, 6.07) is 4.73. The zero-order valence-corrected chi connectivity index (χ0v) is 13.3. The molecule has 1 N–H and O–H groups in total. The van der Waals surface area contributed by atoms with Crippen molar-refractivity contribution >= 4 is 21.6 Å². The van der Waals surface area contributed by atoms with Gasteiger partial charge in [-0.2, -0.15) is 4.31 Å². The first-order valence-electron chi connectivity index (χ1n) is 6.27. The third-order valence-corrected chi connectivity index (χ3v) is 5.39. The van der Waals surface area contributed by atoms with Crippen LogP contribution < -0.4 is 5.32 Å². The number of nitrogens with one attached hydrogen (secondary N) is 1. The molecule has 4 nitrogen and oxygen atoms in total. The van der Waals surface area contributed by atoms with Gasteiger partial charge in [-0.15, -0.1) is 0 Å². The molecule has 1 aromatic carbocycles. The lowest BCUT2D eigenvalue weighted by atomic mass is 10.2. The summed E-state index contributed by atoms with van der Waals surface area (Å²) in [4.78, 5) is 0.279. The number of nitrogens with zero attached hydrogens (tertiary/aromatic N) is 1. The summed E-state index contributed by atoms with van der Waals surface area (Å²) in [7, 11) is -1.87. The molecule has 0 radical (unpaired) electrons. The van der Waals surface area contributed by atoms with E-state index in [1.54, 1.807) is 25.2 Å². The number of sulfonamides is 1. The SMILES string of the molecule is CCNCc1cc(S(=O)(=O)N(C)C(C)C)ccc1Cl. The number of benzene rings is 1. The van der Waals surface area contributed by atoms with Gasteiger partial charge in [0, 0.05) is 24.7 Å². The fraction of sp³-hybridized carbons (Fsp3) is 0.538. The Balaban J connectivity index is 3.14. The third kappa shape index (κ3) is 3.92. The Hall–Kier alpha value is -0.620. The molecule has 0 spiro atoms. The Morgan fingerprint density at radius 3 is 2.53 bits per heavy atom. The minimum Gasteiger partial charge on any atom is -0.313 e. The molecule has 108 valence electrons. The maximum Gasteiger partial charge on any atom is 0.243 e. The molecular formula is C13H21ClN2O2S. The van der Waals surface area contributed by atoms with Crippen LogP contribution in [0.3, 0.4) is 0 Å². The van der Waals surface area contributed by atoms with Crippen LogP contribution in [0, 0.1) is 0 Å². The highest BCUT2D eigenvalue weighted by molar-refractivity contribution is 7.89. The van der Waals surface area contributed by atoms with Gasteiger partial charge in [0.05, 0.1) is 4.90 Å². The maximum absolute atomic E-state index is 12.4. The first kappa shape index (κ1) is 16.4. The standard InChI is InChI=1S/C13H21ClN2O2S/c1-5-15-9-11-8-12(6-7-13(11)14)19(17,18)16(4)10(2)3/h6-8,10,15H,5,9H2,1-4H3. The van der Waals surface area contributed by atoms with Gasteiger partial charge in [-0.1, -0.05) is 18.5 Å². The number of hydrogen-bond donors (Lipinski definition) is 1. The van der Waals surface area contributed by atoms with Crippen molar-refractivity contribution in [3.8, 4) is 0 Å². The van der Waals surface area contributed by atoms with Crippen LogP contribution in [0.5, 0.6) is 0 Å². The highest BCUT2D eigenvalue weighted by Crippen LogP contribution is 2.23. The van der Waals surface area contributed by atoms with E-state index in [1.165, 1.54) is 4.31 Å². The summed E-state index contributed by atoms with van der Waals surface area (Å²) in [5, 5.41) is 3.72. The molecule has 0 aliphatic heterocycles. The summed E-state index contributed by atoms with van der Waals surface area (Å²) in [5.41, 5.74) is 0.793. The Labute approximate surface area is 120 Å².